The number of fused-ring (bicyclic) bond motifs is 1. The minimum atomic E-state index is 0.933. The van der Waals surface area contributed by atoms with E-state index >= 15 is 0 Å². The molecule has 0 aliphatic rings. The summed E-state index contributed by atoms with van der Waals surface area (Å²) < 4.78 is 11.9. The molecule has 5 heteroatoms. The highest BCUT2D eigenvalue weighted by atomic mass is 32.2. The molecular formula is C15H17N3S2. The number of hydrogen-bond acceptors (Lipinski definition) is 5. The van der Waals surface area contributed by atoms with E-state index in [0.29, 0.717) is 0 Å². The fraction of sp³-hybridized carbons (Fsp3) is 0.200. The lowest BCUT2D eigenvalue weighted by Gasteiger charge is -2.05. The Labute approximate surface area is 127 Å². The number of aromatic nitrogens is 2. The van der Waals surface area contributed by atoms with Crippen LogP contribution in [0.15, 0.2) is 47.4 Å². The average molecular weight is 303 g/mol. The van der Waals surface area contributed by atoms with E-state index in [0.717, 1.165) is 16.7 Å². The number of nitrogens with zero attached hydrogens (tertiary/aromatic N) is 2. The zero-order chi connectivity index (χ0) is 14.4. The van der Waals surface area contributed by atoms with Crippen LogP contribution in [0.25, 0.3) is 11.0 Å². The molecule has 0 atom stereocenters. The van der Waals surface area contributed by atoms with Gasteiger partial charge in [0.2, 0.25) is 0 Å². The number of benzene rings is 2. The molecule has 0 spiro atoms. The topological polar surface area (TPSA) is 37.8 Å². The van der Waals surface area contributed by atoms with Gasteiger partial charge in [0.15, 0.2) is 0 Å². The maximum atomic E-state index is 4.30. The third-order valence-electron chi connectivity index (χ3n) is 2.59. The van der Waals surface area contributed by atoms with Crippen LogP contribution in [0.5, 0.6) is 0 Å². The van der Waals surface area contributed by atoms with Crippen molar-refractivity contribution < 1.29 is 0 Å². The Bertz CT molecular complexity index is 662. The van der Waals surface area contributed by atoms with Crippen molar-refractivity contribution in [2.45, 2.75) is 25.7 Å². The molecular weight excluding hydrogens is 286 g/mol. The second-order valence-electron chi connectivity index (χ2n) is 3.95. The van der Waals surface area contributed by atoms with Crippen molar-refractivity contribution in [1.29, 1.82) is 0 Å². The molecule has 1 aromatic heterocycles. The van der Waals surface area contributed by atoms with Gasteiger partial charge >= 0.3 is 0 Å². The van der Waals surface area contributed by atoms with Crippen LogP contribution < -0.4 is 4.72 Å². The molecule has 0 unspecified atom stereocenters. The van der Waals surface area contributed by atoms with E-state index in [1.807, 2.05) is 32.0 Å². The van der Waals surface area contributed by atoms with E-state index in [1.54, 1.807) is 11.9 Å². The highest BCUT2D eigenvalue weighted by Gasteiger charge is 2.04. The van der Waals surface area contributed by atoms with E-state index in [-0.39, 0.29) is 0 Å². The Balaban J connectivity index is 0.000000704. The van der Waals surface area contributed by atoms with Crippen LogP contribution in [-0.4, -0.2) is 8.75 Å². The Kier molecular flexibility index (Phi) is 5.38. The zero-order valence-electron chi connectivity index (χ0n) is 11.8. The molecule has 0 radical (unpaired) electrons. The van der Waals surface area contributed by atoms with Crippen molar-refractivity contribution >= 4 is 40.4 Å². The van der Waals surface area contributed by atoms with Gasteiger partial charge < -0.3 is 4.72 Å². The lowest BCUT2D eigenvalue weighted by atomic mass is 10.2. The summed E-state index contributed by atoms with van der Waals surface area (Å²) in [5.74, 6) is 0. The van der Waals surface area contributed by atoms with Gasteiger partial charge in [0, 0.05) is 4.90 Å². The SMILES string of the molecule is CC.Cc1ccc(SNc2cccc3nsnc23)cc1. The van der Waals surface area contributed by atoms with Gasteiger partial charge in [0.05, 0.1) is 17.4 Å². The van der Waals surface area contributed by atoms with Crippen molar-refractivity contribution in [3.8, 4) is 0 Å². The molecule has 0 aliphatic carbocycles. The number of rotatable bonds is 3. The number of nitrogens with one attached hydrogen (secondary N) is 1. The molecule has 20 heavy (non-hydrogen) atoms. The van der Waals surface area contributed by atoms with E-state index in [4.69, 9.17) is 0 Å². The van der Waals surface area contributed by atoms with Crippen LogP contribution in [0.4, 0.5) is 5.69 Å². The first-order valence-electron chi connectivity index (χ1n) is 6.54. The highest BCUT2D eigenvalue weighted by Crippen LogP contribution is 2.26. The predicted octanol–water partition coefficient (Wildman–Crippen LogP) is 5.15. The van der Waals surface area contributed by atoms with Crippen LogP contribution >= 0.6 is 23.7 Å². The second kappa shape index (κ2) is 7.26. The molecule has 0 bridgehead atoms. The van der Waals surface area contributed by atoms with E-state index in [2.05, 4.69) is 44.7 Å². The first-order chi connectivity index (χ1) is 9.83. The minimum Gasteiger partial charge on any atom is -0.324 e. The standard InChI is InChI=1S/C13H11N3S2.C2H6/c1-9-5-7-10(8-6-9)17-14-11-3-2-4-12-13(11)16-18-15-12;1-2/h2-8,14H,1H3;1-2H3. The van der Waals surface area contributed by atoms with Crippen LogP contribution in [0.1, 0.15) is 19.4 Å². The van der Waals surface area contributed by atoms with Gasteiger partial charge in [-0.1, -0.05) is 37.6 Å². The molecule has 1 N–H and O–H groups in total. The van der Waals surface area contributed by atoms with Gasteiger partial charge in [0.25, 0.3) is 0 Å². The van der Waals surface area contributed by atoms with Crippen molar-refractivity contribution in [2.24, 2.45) is 0 Å². The van der Waals surface area contributed by atoms with Gasteiger partial charge in [-0.15, -0.1) is 0 Å². The summed E-state index contributed by atoms with van der Waals surface area (Å²) in [6.07, 6.45) is 0. The van der Waals surface area contributed by atoms with Gasteiger partial charge in [-0.2, -0.15) is 8.75 Å². The summed E-state index contributed by atoms with van der Waals surface area (Å²) in [6.45, 7) is 6.09. The van der Waals surface area contributed by atoms with Crippen molar-refractivity contribution in [2.75, 3.05) is 4.72 Å². The molecule has 3 aromatic rings. The first-order valence-corrected chi connectivity index (χ1v) is 8.08. The number of aryl methyl sites for hydroxylation is 1. The summed E-state index contributed by atoms with van der Waals surface area (Å²) in [5.41, 5.74) is 4.15. The summed E-state index contributed by atoms with van der Waals surface area (Å²) in [6, 6.07) is 14.4. The highest BCUT2D eigenvalue weighted by molar-refractivity contribution is 8.00. The number of anilines is 1. The molecule has 3 nitrogen and oxygen atoms in total. The first kappa shape index (κ1) is 14.8. The number of hydrogen-bond donors (Lipinski definition) is 1. The van der Waals surface area contributed by atoms with Gasteiger partial charge in [-0.25, -0.2) is 0 Å². The average Bonchev–Trinajstić information content (AvgIpc) is 2.98. The molecule has 0 amide bonds. The lowest BCUT2D eigenvalue weighted by Crippen LogP contribution is -1.88. The van der Waals surface area contributed by atoms with Crippen molar-refractivity contribution in [3.63, 3.8) is 0 Å². The Hall–Kier alpha value is -1.59. The van der Waals surface area contributed by atoms with E-state index in [1.165, 1.54) is 22.2 Å². The van der Waals surface area contributed by atoms with Crippen molar-refractivity contribution in [3.05, 3.63) is 48.0 Å². The smallest absolute Gasteiger partial charge is 0.128 e. The van der Waals surface area contributed by atoms with Crippen LogP contribution in [0, 0.1) is 6.92 Å². The monoisotopic (exact) mass is 303 g/mol. The molecule has 2 aromatic carbocycles. The normalized spacial score (nSPS) is 9.95. The molecule has 0 fully saturated rings. The van der Waals surface area contributed by atoms with E-state index < -0.39 is 0 Å². The van der Waals surface area contributed by atoms with Crippen LogP contribution in [0.3, 0.4) is 0 Å². The Morgan fingerprint density at radius 2 is 1.75 bits per heavy atom. The minimum absolute atomic E-state index is 0.933. The maximum Gasteiger partial charge on any atom is 0.128 e. The molecule has 3 rings (SSSR count). The maximum absolute atomic E-state index is 4.30. The zero-order valence-corrected chi connectivity index (χ0v) is 13.4. The Morgan fingerprint density at radius 3 is 2.50 bits per heavy atom. The molecule has 1 heterocycles. The predicted molar refractivity (Wildman–Crippen MR) is 89.4 cm³/mol. The third kappa shape index (κ3) is 3.49. The van der Waals surface area contributed by atoms with Gasteiger partial charge in [0.1, 0.15) is 11.0 Å². The lowest BCUT2D eigenvalue weighted by molar-refractivity contribution is 1.38. The largest absolute Gasteiger partial charge is 0.324 e. The Morgan fingerprint density at radius 1 is 1.00 bits per heavy atom. The summed E-state index contributed by atoms with van der Waals surface area (Å²) in [7, 11) is 0. The second-order valence-corrected chi connectivity index (χ2v) is 5.36. The summed E-state index contributed by atoms with van der Waals surface area (Å²) in [4.78, 5) is 1.18. The molecule has 0 saturated carbocycles. The van der Waals surface area contributed by atoms with E-state index in [9.17, 15) is 0 Å². The molecule has 0 aliphatic heterocycles. The quantitative estimate of drug-likeness (QED) is 0.679. The van der Waals surface area contributed by atoms with Crippen LogP contribution in [-0.2, 0) is 0 Å². The fourth-order valence-electron chi connectivity index (χ4n) is 1.61. The van der Waals surface area contributed by atoms with Crippen LogP contribution in [0.2, 0.25) is 0 Å². The van der Waals surface area contributed by atoms with Gasteiger partial charge in [-0.3, -0.25) is 0 Å². The summed E-state index contributed by atoms with van der Waals surface area (Å²) in [5, 5.41) is 0. The fourth-order valence-corrected chi connectivity index (χ4v) is 2.82. The molecule has 104 valence electrons. The summed E-state index contributed by atoms with van der Waals surface area (Å²) >= 11 is 2.83. The van der Waals surface area contributed by atoms with Gasteiger partial charge in [-0.05, 0) is 43.1 Å². The third-order valence-corrected chi connectivity index (χ3v) is 3.96. The van der Waals surface area contributed by atoms with Crippen molar-refractivity contribution in [1.82, 2.24) is 8.75 Å². The molecule has 0 saturated heterocycles.